The fraction of sp³-hybridized carbons (Fsp3) is 0.304. The van der Waals surface area contributed by atoms with Crippen LogP contribution in [0.5, 0.6) is 0 Å². The van der Waals surface area contributed by atoms with E-state index in [9.17, 15) is 18.0 Å². The predicted octanol–water partition coefficient (Wildman–Crippen LogP) is 3.21. The third kappa shape index (κ3) is 6.26. The number of sulfonamides is 1. The zero-order valence-corrected chi connectivity index (χ0v) is 18.1. The van der Waals surface area contributed by atoms with Crippen LogP contribution in [0, 0.1) is 5.92 Å². The van der Waals surface area contributed by atoms with Crippen LogP contribution in [0.2, 0.25) is 0 Å². The fourth-order valence-corrected chi connectivity index (χ4v) is 4.58. The molecular formula is C23H27N3O4S. The first kappa shape index (κ1) is 22.7. The second kappa shape index (κ2) is 10.4. The lowest BCUT2D eigenvalue weighted by Gasteiger charge is -2.12. The number of hydrogen-bond acceptors (Lipinski definition) is 4. The quantitative estimate of drug-likeness (QED) is 0.520. The van der Waals surface area contributed by atoms with Crippen molar-refractivity contribution in [2.45, 2.75) is 37.1 Å². The van der Waals surface area contributed by atoms with E-state index >= 15 is 0 Å². The molecule has 31 heavy (non-hydrogen) atoms. The molecule has 0 saturated heterocycles. The van der Waals surface area contributed by atoms with Gasteiger partial charge in [0, 0.05) is 30.3 Å². The van der Waals surface area contributed by atoms with Crippen molar-refractivity contribution in [3.63, 3.8) is 0 Å². The van der Waals surface area contributed by atoms with Crippen molar-refractivity contribution >= 4 is 27.5 Å². The predicted molar refractivity (Wildman–Crippen MR) is 120 cm³/mol. The lowest BCUT2D eigenvalue weighted by atomic mass is 10.1. The van der Waals surface area contributed by atoms with Gasteiger partial charge in [-0.2, -0.15) is 0 Å². The number of carbonyl (C=O) groups excluding carboxylic acids is 2. The SMILES string of the molecule is C=CCNS(=O)(=O)c1cccc(C(=O)NCc2cccc(NC(=O)C3CCCC3)c2)c1. The number of benzene rings is 2. The van der Waals surface area contributed by atoms with Crippen LogP contribution in [0.1, 0.15) is 41.6 Å². The Hall–Kier alpha value is -2.97. The Balaban J connectivity index is 1.61. The van der Waals surface area contributed by atoms with Crippen molar-refractivity contribution in [1.82, 2.24) is 10.0 Å². The largest absolute Gasteiger partial charge is 0.348 e. The average molecular weight is 442 g/mol. The van der Waals surface area contributed by atoms with Gasteiger partial charge in [0.25, 0.3) is 5.91 Å². The average Bonchev–Trinajstić information content (AvgIpc) is 3.32. The minimum absolute atomic E-state index is 0.0126. The Morgan fingerprint density at radius 3 is 2.55 bits per heavy atom. The Morgan fingerprint density at radius 2 is 1.81 bits per heavy atom. The zero-order valence-electron chi connectivity index (χ0n) is 17.3. The highest BCUT2D eigenvalue weighted by Gasteiger charge is 2.22. The molecule has 1 aliphatic carbocycles. The molecule has 8 heteroatoms. The summed E-state index contributed by atoms with van der Waals surface area (Å²) in [6.45, 7) is 3.84. The maximum Gasteiger partial charge on any atom is 0.251 e. The summed E-state index contributed by atoms with van der Waals surface area (Å²) < 4.78 is 26.9. The van der Waals surface area contributed by atoms with Crippen LogP contribution in [0.3, 0.4) is 0 Å². The number of rotatable bonds is 9. The molecular weight excluding hydrogens is 414 g/mol. The summed E-state index contributed by atoms with van der Waals surface area (Å²) in [6, 6.07) is 13.2. The Kier molecular flexibility index (Phi) is 7.59. The van der Waals surface area contributed by atoms with Gasteiger partial charge in [0.05, 0.1) is 4.90 Å². The van der Waals surface area contributed by atoms with Crippen molar-refractivity contribution in [2.24, 2.45) is 5.92 Å². The number of anilines is 1. The van der Waals surface area contributed by atoms with Crippen LogP contribution in [0.25, 0.3) is 0 Å². The lowest BCUT2D eigenvalue weighted by Crippen LogP contribution is -2.25. The molecule has 0 aromatic heterocycles. The summed E-state index contributed by atoms with van der Waals surface area (Å²) in [5.74, 6) is -0.268. The van der Waals surface area contributed by atoms with Gasteiger partial charge in [-0.15, -0.1) is 6.58 Å². The number of amides is 2. The second-order valence-corrected chi connectivity index (χ2v) is 9.29. The summed E-state index contributed by atoms with van der Waals surface area (Å²) in [7, 11) is -3.71. The van der Waals surface area contributed by atoms with Crippen LogP contribution >= 0.6 is 0 Å². The van der Waals surface area contributed by atoms with Gasteiger partial charge in [-0.1, -0.05) is 37.1 Å². The number of hydrogen-bond donors (Lipinski definition) is 3. The van der Waals surface area contributed by atoms with Crippen molar-refractivity contribution < 1.29 is 18.0 Å². The molecule has 0 atom stereocenters. The van der Waals surface area contributed by atoms with E-state index < -0.39 is 10.0 Å². The molecule has 0 heterocycles. The molecule has 1 aliphatic rings. The van der Waals surface area contributed by atoms with Crippen LogP contribution in [-0.4, -0.2) is 26.8 Å². The maximum atomic E-state index is 12.5. The van der Waals surface area contributed by atoms with Crippen molar-refractivity contribution in [1.29, 1.82) is 0 Å². The van der Waals surface area contributed by atoms with Crippen molar-refractivity contribution in [3.05, 3.63) is 72.3 Å². The van der Waals surface area contributed by atoms with Gasteiger partial charge in [-0.3, -0.25) is 9.59 Å². The molecule has 0 bridgehead atoms. The van der Waals surface area contributed by atoms with E-state index in [2.05, 4.69) is 21.9 Å². The van der Waals surface area contributed by atoms with Crippen LogP contribution in [0.4, 0.5) is 5.69 Å². The van der Waals surface area contributed by atoms with Crippen molar-refractivity contribution in [3.8, 4) is 0 Å². The second-order valence-electron chi connectivity index (χ2n) is 7.52. The van der Waals surface area contributed by atoms with Crippen molar-refractivity contribution in [2.75, 3.05) is 11.9 Å². The standard InChI is InChI=1S/C23H27N3O4S/c1-2-13-25-31(29,30)21-12-6-10-19(15-21)22(27)24-16-17-7-5-11-20(14-17)26-23(28)18-8-3-4-9-18/h2,5-7,10-12,14-15,18,25H,1,3-4,8-9,13,16H2,(H,24,27)(H,26,28). The molecule has 3 rings (SSSR count). The van der Waals surface area contributed by atoms with Crippen LogP contribution in [-0.2, 0) is 21.4 Å². The lowest BCUT2D eigenvalue weighted by molar-refractivity contribution is -0.119. The van der Waals surface area contributed by atoms with E-state index in [1.165, 1.54) is 24.3 Å². The van der Waals surface area contributed by atoms with Crippen LogP contribution < -0.4 is 15.4 Å². The highest BCUT2D eigenvalue weighted by atomic mass is 32.2. The molecule has 0 aliphatic heterocycles. The Labute approximate surface area is 183 Å². The molecule has 0 radical (unpaired) electrons. The summed E-state index contributed by atoms with van der Waals surface area (Å²) in [5.41, 5.74) is 1.77. The summed E-state index contributed by atoms with van der Waals surface area (Å²) in [5, 5.41) is 5.74. The minimum atomic E-state index is -3.71. The molecule has 2 amide bonds. The summed E-state index contributed by atoms with van der Waals surface area (Å²) in [4.78, 5) is 24.9. The van der Waals surface area contributed by atoms with Gasteiger partial charge in [0.2, 0.25) is 15.9 Å². The zero-order chi connectivity index (χ0) is 22.3. The molecule has 0 spiro atoms. The fourth-order valence-electron chi connectivity index (χ4n) is 3.53. The molecule has 2 aromatic carbocycles. The molecule has 1 fully saturated rings. The van der Waals surface area contributed by atoms with E-state index in [0.29, 0.717) is 5.69 Å². The maximum absolute atomic E-state index is 12.5. The smallest absolute Gasteiger partial charge is 0.251 e. The van der Waals surface area contributed by atoms with Gasteiger partial charge in [0.15, 0.2) is 0 Å². The summed E-state index contributed by atoms with van der Waals surface area (Å²) >= 11 is 0. The van der Waals surface area contributed by atoms with Gasteiger partial charge in [-0.05, 0) is 48.7 Å². The summed E-state index contributed by atoms with van der Waals surface area (Å²) in [6.07, 6.45) is 5.49. The molecule has 3 N–H and O–H groups in total. The Bertz CT molecular complexity index is 1060. The first-order valence-corrected chi connectivity index (χ1v) is 11.8. The Morgan fingerprint density at radius 1 is 1.06 bits per heavy atom. The van der Waals surface area contributed by atoms with Crippen LogP contribution in [0.15, 0.2) is 66.1 Å². The van der Waals surface area contributed by atoms with E-state index in [1.54, 1.807) is 6.07 Å². The van der Waals surface area contributed by atoms with Gasteiger partial charge in [0.1, 0.15) is 0 Å². The first-order chi connectivity index (χ1) is 14.9. The number of carbonyl (C=O) groups is 2. The van der Waals surface area contributed by atoms with E-state index in [4.69, 9.17) is 0 Å². The first-order valence-electron chi connectivity index (χ1n) is 10.3. The molecule has 2 aromatic rings. The molecule has 0 unspecified atom stereocenters. The molecule has 1 saturated carbocycles. The van der Waals surface area contributed by atoms with Gasteiger partial charge < -0.3 is 10.6 Å². The van der Waals surface area contributed by atoms with Gasteiger partial charge in [-0.25, -0.2) is 13.1 Å². The monoisotopic (exact) mass is 441 g/mol. The van der Waals surface area contributed by atoms with Gasteiger partial charge >= 0.3 is 0 Å². The topological polar surface area (TPSA) is 104 Å². The van der Waals surface area contributed by atoms with E-state index in [1.807, 2.05) is 24.3 Å². The third-order valence-corrected chi connectivity index (χ3v) is 6.62. The third-order valence-electron chi connectivity index (χ3n) is 5.20. The highest BCUT2D eigenvalue weighted by Crippen LogP contribution is 2.26. The minimum Gasteiger partial charge on any atom is -0.348 e. The highest BCUT2D eigenvalue weighted by molar-refractivity contribution is 7.89. The van der Waals surface area contributed by atoms with E-state index in [-0.39, 0.29) is 41.3 Å². The normalized spacial score (nSPS) is 14.2. The van der Waals surface area contributed by atoms with E-state index in [0.717, 1.165) is 31.2 Å². The molecule has 164 valence electrons. The molecule has 7 nitrogen and oxygen atoms in total. The number of nitrogens with one attached hydrogen (secondary N) is 3.